The highest BCUT2D eigenvalue weighted by Crippen LogP contribution is 2.33. The molecule has 0 fully saturated rings. The van der Waals surface area contributed by atoms with Gasteiger partial charge in [0.1, 0.15) is 0 Å². The molecule has 2 aromatic rings. The molecule has 0 saturated carbocycles. The minimum atomic E-state index is -4.40. The van der Waals surface area contributed by atoms with E-state index in [1.807, 2.05) is 0 Å². The van der Waals surface area contributed by atoms with Crippen LogP contribution in [0.15, 0.2) is 24.4 Å². The molecule has 0 unspecified atom stereocenters. The molecule has 0 aliphatic rings. The zero-order valence-electron chi connectivity index (χ0n) is 8.05. The average Bonchev–Trinajstić information content (AvgIpc) is 2.22. The van der Waals surface area contributed by atoms with Gasteiger partial charge in [-0.25, -0.2) is 0 Å². The third-order valence-electron chi connectivity index (χ3n) is 2.27. The van der Waals surface area contributed by atoms with Crippen LogP contribution < -0.4 is 11.5 Å². The van der Waals surface area contributed by atoms with Crippen molar-refractivity contribution >= 4 is 22.3 Å². The van der Waals surface area contributed by atoms with Crippen molar-refractivity contribution < 1.29 is 13.2 Å². The predicted octanol–water partition coefficient (Wildman–Crippen LogP) is 2.42. The molecular formula is C10H8F3N3. The number of alkyl halides is 3. The van der Waals surface area contributed by atoms with Crippen LogP contribution >= 0.6 is 0 Å². The lowest BCUT2D eigenvalue weighted by molar-refractivity contribution is -0.137. The number of halogens is 3. The first-order valence-electron chi connectivity index (χ1n) is 4.40. The zero-order valence-corrected chi connectivity index (χ0v) is 8.05. The SMILES string of the molecule is Nc1cnc2ccc(C(F)(F)F)cc2c1N. The molecule has 16 heavy (non-hydrogen) atoms. The van der Waals surface area contributed by atoms with Crippen molar-refractivity contribution in [2.45, 2.75) is 6.18 Å². The summed E-state index contributed by atoms with van der Waals surface area (Å²) < 4.78 is 37.4. The van der Waals surface area contributed by atoms with Crippen molar-refractivity contribution in [1.29, 1.82) is 0 Å². The Kier molecular flexibility index (Phi) is 2.15. The van der Waals surface area contributed by atoms with Gasteiger partial charge in [-0.15, -0.1) is 0 Å². The van der Waals surface area contributed by atoms with Crippen molar-refractivity contribution in [2.24, 2.45) is 0 Å². The van der Waals surface area contributed by atoms with Crippen molar-refractivity contribution in [2.75, 3.05) is 11.5 Å². The van der Waals surface area contributed by atoms with Gasteiger partial charge in [-0.05, 0) is 18.2 Å². The minimum absolute atomic E-state index is 0.121. The summed E-state index contributed by atoms with van der Waals surface area (Å²) in [7, 11) is 0. The first kappa shape index (κ1) is 10.5. The van der Waals surface area contributed by atoms with Crippen LogP contribution in [-0.2, 0) is 6.18 Å². The highest BCUT2D eigenvalue weighted by Gasteiger charge is 2.30. The first-order valence-corrected chi connectivity index (χ1v) is 4.40. The Bertz CT molecular complexity index is 549. The Labute approximate surface area is 88.9 Å². The molecule has 0 atom stereocenters. The van der Waals surface area contributed by atoms with Gasteiger partial charge in [0.25, 0.3) is 0 Å². The number of benzene rings is 1. The van der Waals surface area contributed by atoms with Crippen LogP contribution in [0.5, 0.6) is 0 Å². The summed E-state index contributed by atoms with van der Waals surface area (Å²) in [6.07, 6.45) is -3.07. The van der Waals surface area contributed by atoms with Gasteiger partial charge >= 0.3 is 6.18 Å². The fourth-order valence-corrected chi connectivity index (χ4v) is 1.40. The Morgan fingerprint density at radius 3 is 2.44 bits per heavy atom. The molecule has 0 bridgehead atoms. The lowest BCUT2D eigenvalue weighted by Gasteiger charge is -2.09. The molecular weight excluding hydrogens is 219 g/mol. The van der Waals surface area contributed by atoms with Gasteiger partial charge < -0.3 is 11.5 Å². The normalized spacial score (nSPS) is 11.9. The number of pyridine rings is 1. The van der Waals surface area contributed by atoms with Gasteiger partial charge in [0.15, 0.2) is 0 Å². The summed E-state index contributed by atoms with van der Waals surface area (Å²) in [6, 6.07) is 3.19. The topological polar surface area (TPSA) is 64.9 Å². The van der Waals surface area contributed by atoms with Crippen LogP contribution in [0.3, 0.4) is 0 Å². The van der Waals surface area contributed by atoms with Crippen molar-refractivity contribution in [3.8, 4) is 0 Å². The molecule has 2 rings (SSSR count). The van der Waals surface area contributed by atoms with Crippen LogP contribution in [0.4, 0.5) is 24.5 Å². The van der Waals surface area contributed by atoms with E-state index in [-0.39, 0.29) is 16.8 Å². The molecule has 0 radical (unpaired) electrons. The van der Waals surface area contributed by atoms with Gasteiger partial charge in [-0.1, -0.05) is 0 Å². The third kappa shape index (κ3) is 1.62. The van der Waals surface area contributed by atoms with Crippen LogP contribution in [0, 0.1) is 0 Å². The number of anilines is 2. The minimum Gasteiger partial charge on any atom is -0.396 e. The fourth-order valence-electron chi connectivity index (χ4n) is 1.40. The van der Waals surface area contributed by atoms with E-state index in [0.717, 1.165) is 12.1 Å². The maximum atomic E-state index is 12.5. The van der Waals surface area contributed by atoms with Crippen molar-refractivity contribution in [3.63, 3.8) is 0 Å². The molecule has 0 amide bonds. The highest BCUT2D eigenvalue weighted by atomic mass is 19.4. The summed E-state index contributed by atoms with van der Waals surface area (Å²) in [6.45, 7) is 0. The monoisotopic (exact) mass is 227 g/mol. The van der Waals surface area contributed by atoms with Crippen molar-refractivity contribution in [3.05, 3.63) is 30.0 Å². The standard InChI is InChI=1S/C10H8F3N3/c11-10(12,13)5-1-2-8-6(3-5)9(15)7(14)4-16-8/h1-4H,14H2,(H2,15,16). The first-order chi connectivity index (χ1) is 7.39. The van der Waals surface area contributed by atoms with E-state index in [0.29, 0.717) is 5.52 Å². The van der Waals surface area contributed by atoms with E-state index in [1.54, 1.807) is 0 Å². The summed E-state index contributed by atoms with van der Waals surface area (Å²) >= 11 is 0. The van der Waals surface area contributed by atoms with Gasteiger partial charge in [0, 0.05) is 5.39 Å². The van der Waals surface area contributed by atoms with Gasteiger partial charge in [-0.2, -0.15) is 13.2 Å². The summed E-state index contributed by atoms with van der Waals surface area (Å²) in [5, 5.41) is 0.217. The second kappa shape index (κ2) is 3.26. The predicted molar refractivity (Wildman–Crippen MR) is 55.6 cm³/mol. The second-order valence-corrected chi connectivity index (χ2v) is 3.36. The lowest BCUT2D eigenvalue weighted by Crippen LogP contribution is -2.05. The van der Waals surface area contributed by atoms with E-state index in [1.165, 1.54) is 12.3 Å². The lowest BCUT2D eigenvalue weighted by atomic mass is 10.1. The molecule has 1 heterocycles. The molecule has 0 spiro atoms. The Hall–Kier alpha value is -1.98. The maximum absolute atomic E-state index is 12.5. The molecule has 84 valence electrons. The molecule has 0 aliphatic heterocycles. The molecule has 1 aromatic heterocycles. The number of nitrogens with zero attached hydrogens (tertiary/aromatic N) is 1. The smallest absolute Gasteiger partial charge is 0.396 e. The van der Waals surface area contributed by atoms with E-state index in [9.17, 15) is 13.2 Å². The largest absolute Gasteiger partial charge is 0.416 e. The molecule has 3 nitrogen and oxygen atoms in total. The number of nitrogen functional groups attached to an aromatic ring is 2. The highest BCUT2D eigenvalue weighted by molar-refractivity contribution is 5.95. The molecule has 4 N–H and O–H groups in total. The fraction of sp³-hybridized carbons (Fsp3) is 0.100. The number of aromatic nitrogens is 1. The van der Waals surface area contributed by atoms with Gasteiger partial charge in [-0.3, -0.25) is 4.98 Å². The molecule has 6 heteroatoms. The third-order valence-corrected chi connectivity index (χ3v) is 2.27. The average molecular weight is 227 g/mol. The Morgan fingerprint density at radius 1 is 1.12 bits per heavy atom. The van der Waals surface area contributed by atoms with E-state index in [4.69, 9.17) is 11.5 Å². The Morgan fingerprint density at radius 2 is 1.81 bits per heavy atom. The summed E-state index contributed by atoms with van der Waals surface area (Å²) in [4.78, 5) is 3.89. The van der Waals surface area contributed by atoms with Gasteiger partial charge in [0.2, 0.25) is 0 Å². The molecule has 0 saturated heterocycles. The zero-order chi connectivity index (χ0) is 11.9. The quantitative estimate of drug-likeness (QED) is 0.726. The second-order valence-electron chi connectivity index (χ2n) is 3.36. The molecule has 1 aromatic carbocycles. The van der Waals surface area contributed by atoms with Crippen LogP contribution in [0.25, 0.3) is 10.9 Å². The van der Waals surface area contributed by atoms with Crippen LogP contribution in [0.1, 0.15) is 5.56 Å². The number of fused-ring (bicyclic) bond motifs is 1. The van der Waals surface area contributed by atoms with Gasteiger partial charge in [0.05, 0.1) is 28.7 Å². The number of rotatable bonds is 0. The Balaban J connectivity index is 2.74. The summed E-state index contributed by atoms with van der Waals surface area (Å²) in [5.74, 6) is 0. The molecule has 0 aliphatic carbocycles. The van der Waals surface area contributed by atoms with Crippen LogP contribution in [0.2, 0.25) is 0 Å². The van der Waals surface area contributed by atoms with Crippen molar-refractivity contribution in [1.82, 2.24) is 4.98 Å². The number of hydrogen-bond donors (Lipinski definition) is 2. The van der Waals surface area contributed by atoms with E-state index in [2.05, 4.69) is 4.98 Å². The van der Waals surface area contributed by atoms with E-state index >= 15 is 0 Å². The summed E-state index contributed by atoms with van der Waals surface area (Å²) in [5.41, 5.74) is 11.0. The van der Waals surface area contributed by atoms with E-state index < -0.39 is 11.7 Å². The number of hydrogen-bond acceptors (Lipinski definition) is 3. The number of nitrogens with two attached hydrogens (primary N) is 2. The van der Waals surface area contributed by atoms with Crippen LogP contribution in [-0.4, -0.2) is 4.98 Å². The maximum Gasteiger partial charge on any atom is 0.416 e.